The highest BCUT2D eigenvalue weighted by molar-refractivity contribution is 4.98. The molecular weight excluding hydrogens is 360 g/mol. The van der Waals surface area contributed by atoms with Gasteiger partial charge >= 0.3 is 0 Å². The van der Waals surface area contributed by atoms with E-state index in [2.05, 4.69) is 38.2 Å². The molecule has 0 aromatic rings. The Morgan fingerprint density at radius 2 is 0.567 bits per heavy atom. The maximum Gasteiger partial charge on any atom is -0.0233 e. The van der Waals surface area contributed by atoms with Gasteiger partial charge in [-0.15, -0.1) is 0 Å². The van der Waals surface area contributed by atoms with Crippen molar-refractivity contribution in [2.24, 2.45) is 47.3 Å². The highest BCUT2D eigenvalue weighted by Crippen LogP contribution is 2.42. The molecule has 4 fully saturated rings. The zero-order chi connectivity index (χ0) is 20.8. The molecule has 0 radical (unpaired) electrons. The second kappa shape index (κ2) is 11.4. The predicted molar refractivity (Wildman–Crippen MR) is 131 cm³/mol. The van der Waals surface area contributed by atoms with Crippen molar-refractivity contribution in [1.29, 1.82) is 0 Å². The SMILES string of the molecule is CC1CCC(/C=C/C2CCC(C3CCC(/C=C/C4CCC(C)CC4)CC3)CC2)CC1. The van der Waals surface area contributed by atoms with Crippen LogP contribution in [0, 0.1) is 47.3 Å². The van der Waals surface area contributed by atoms with Crippen LogP contribution in [0.4, 0.5) is 0 Å². The summed E-state index contributed by atoms with van der Waals surface area (Å²) in [5.41, 5.74) is 0. The van der Waals surface area contributed by atoms with Crippen LogP contribution >= 0.6 is 0 Å². The topological polar surface area (TPSA) is 0 Å². The van der Waals surface area contributed by atoms with Gasteiger partial charge in [-0.3, -0.25) is 0 Å². The van der Waals surface area contributed by atoms with Gasteiger partial charge in [0, 0.05) is 0 Å². The van der Waals surface area contributed by atoms with Gasteiger partial charge in [0.05, 0.1) is 0 Å². The zero-order valence-electron chi connectivity index (χ0n) is 20.2. The summed E-state index contributed by atoms with van der Waals surface area (Å²) in [6.45, 7) is 4.87. The normalized spacial score (nSPS) is 43.9. The molecule has 0 bridgehead atoms. The Balaban J connectivity index is 1.12. The molecule has 0 atom stereocenters. The van der Waals surface area contributed by atoms with Crippen LogP contribution in [-0.2, 0) is 0 Å². The Kier molecular flexibility index (Phi) is 8.60. The van der Waals surface area contributed by atoms with Gasteiger partial charge in [-0.2, -0.15) is 0 Å². The maximum absolute atomic E-state index is 2.64. The van der Waals surface area contributed by atoms with E-state index in [1.165, 1.54) is 103 Å². The summed E-state index contributed by atoms with van der Waals surface area (Å²) in [6.07, 6.45) is 34.1. The molecule has 0 nitrogen and oxygen atoms in total. The minimum absolute atomic E-state index is 0.901. The lowest BCUT2D eigenvalue weighted by Crippen LogP contribution is -2.25. The monoisotopic (exact) mass is 410 g/mol. The van der Waals surface area contributed by atoms with Gasteiger partial charge in [-0.25, -0.2) is 0 Å². The van der Waals surface area contributed by atoms with Crippen molar-refractivity contribution in [2.45, 2.75) is 117 Å². The lowest BCUT2D eigenvalue weighted by Gasteiger charge is -2.37. The van der Waals surface area contributed by atoms with Gasteiger partial charge in [-0.1, -0.05) is 63.8 Å². The fourth-order valence-corrected chi connectivity index (χ4v) is 7.20. The van der Waals surface area contributed by atoms with Gasteiger partial charge in [-0.05, 0) is 124 Å². The zero-order valence-corrected chi connectivity index (χ0v) is 20.2. The van der Waals surface area contributed by atoms with Gasteiger partial charge in [0.25, 0.3) is 0 Å². The molecule has 30 heavy (non-hydrogen) atoms. The third kappa shape index (κ3) is 6.74. The summed E-state index contributed by atoms with van der Waals surface area (Å²) in [6, 6.07) is 0. The van der Waals surface area contributed by atoms with Crippen LogP contribution < -0.4 is 0 Å². The second-order valence-corrected chi connectivity index (χ2v) is 12.2. The smallest absolute Gasteiger partial charge is 0.0233 e. The van der Waals surface area contributed by atoms with Crippen molar-refractivity contribution in [3.63, 3.8) is 0 Å². The number of rotatable bonds is 5. The van der Waals surface area contributed by atoms with Crippen molar-refractivity contribution in [3.8, 4) is 0 Å². The van der Waals surface area contributed by atoms with Gasteiger partial charge < -0.3 is 0 Å². The summed E-state index contributed by atoms with van der Waals surface area (Å²) < 4.78 is 0. The molecule has 4 rings (SSSR count). The molecule has 0 saturated heterocycles. The van der Waals surface area contributed by atoms with Crippen LogP contribution in [0.1, 0.15) is 117 Å². The van der Waals surface area contributed by atoms with Crippen LogP contribution in [0.15, 0.2) is 24.3 Å². The first-order valence-electron chi connectivity index (χ1n) is 14.0. The van der Waals surface area contributed by atoms with E-state index in [-0.39, 0.29) is 0 Å². The summed E-state index contributed by atoms with van der Waals surface area (Å²) in [7, 11) is 0. The first kappa shape index (κ1) is 22.7. The Hall–Kier alpha value is -0.520. The first-order valence-corrected chi connectivity index (χ1v) is 14.0. The molecule has 0 aromatic heterocycles. The Morgan fingerprint density at radius 3 is 0.833 bits per heavy atom. The Bertz CT molecular complexity index is 474. The fraction of sp³-hybridized carbons (Fsp3) is 0.867. The standard InChI is InChI=1S/C30H50/c1-23-3-7-25(8-4-23)11-13-27-15-19-29(20-16-27)30-21-17-28(18-22-30)14-12-26-9-5-24(2)6-10-26/h11-14,23-30H,3-10,15-22H2,1-2H3/b13-11+,14-12+. The Labute approximate surface area is 188 Å². The molecule has 0 amide bonds. The summed E-state index contributed by atoms with van der Waals surface area (Å²) in [5.74, 6) is 7.66. The van der Waals surface area contributed by atoms with Crippen molar-refractivity contribution in [2.75, 3.05) is 0 Å². The second-order valence-electron chi connectivity index (χ2n) is 12.2. The molecule has 0 heteroatoms. The molecule has 0 aromatic carbocycles. The van der Waals surface area contributed by atoms with Crippen LogP contribution in [0.5, 0.6) is 0 Å². The number of hydrogen-bond acceptors (Lipinski definition) is 0. The average Bonchev–Trinajstić information content (AvgIpc) is 2.79. The van der Waals surface area contributed by atoms with E-state index in [1.807, 2.05) is 0 Å². The largest absolute Gasteiger partial charge is 0.0851 e. The van der Waals surface area contributed by atoms with E-state index in [4.69, 9.17) is 0 Å². The van der Waals surface area contributed by atoms with Gasteiger partial charge in [0.15, 0.2) is 0 Å². The molecule has 4 aliphatic rings. The Morgan fingerprint density at radius 1 is 0.333 bits per heavy atom. The number of hydrogen-bond donors (Lipinski definition) is 0. The summed E-state index contributed by atoms with van der Waals surface area (Å²) >= 11 is 0. The fourth-order valence-electron chi connectivity index (χ4n) is 7.20. The van der Waals surface area contributed by atoms with Crippen molar-refractivity contribution >= 4 is 0 Å². The minimum atomic E-state index is 0.901. The van der Waals surface area contributed by atoms with Gasteiger partial charge in [0.1, 0.15) is 0 Å². The van der Waals surface area contributed by atoms with Crippen LogP contribution in [0.25, 0.3) is 0 Å². The maximum atomic E-state index is 2.64. The van der Waals surface area contributed by atoms with Crippen molar-refractivity contribution < 1.29 is 0 Å². The van der Waals surface area contributed by atoms with Crippen LogP contribution in [-0.4, -0.2) is 0 Å². The molecule has 0 unspecified atom stereocenters. The van der Waals surface area contributed by atoms with E-state index in [0.717, 1.165) is 47.3 Å². The lowest BCUT2D eigenvalue weighted by molar-refractivity contribution is 0.166. The highest BCUT2D eigenvalue weighted by atomic mass is 14.4. The lowest BCUT2D eigenvalue weighted by atomic mass is 9.69. The first-order chi connectivity index (χ1) is 14.7. The molecule has 0 heterocycles. The predicted octanol–water partition coefficient (Wildman–Crippen LogP) is 9.36. The van der Waals surface area contributed by atoms with E-state index >= 15 is 0 Å². The molecule has 0 aliphatic heterocycles. The molecule has 0 spiro atoms. The molecular formula is C30H50. The van der Waals surface area contributed by atoms with E-state index in [0.29, 0.717) is 0 Å². The molecule has 0 N–H and O–H groups in total. The van der Waals surface area contributed by atoms with E-state index < -0.39 is 0 Å². The molecule has 4 saturated carbocycles. The highest BCUT2D eigenvalue weighted by Gasteiger charge is 2.30. The quantitative estimate of drug-likeness (QED) is 0.396. The van der Waals surface area contributed by atoms with Crippen molar-refractivity contribution in [3.05, 3.63) is 24.3 Å². The van der Waals surface area contributed by atoms with Crippen molar-refractivity contribution in [1.82, 2.24) is 0 Å². The summed E-state index contributed by atoms with van der Waals surface area (Å²) in [4.78, 5) is 0. The third-order valence-electron chi connectivity index (χ3n) is 9.73. The minimum Gasteiger partial charge on any atom is -0.0851 e. The van der Waals surface area contributed by atoms with E-state index in [9.17, 15) is 0 Å². The number of allylic oxidation sites excluding steroid dienone is 4. The average molecular weight is 411 g/mol. The van der Waals surface area contributed by atoms with E-state index in [1.54, 1.807) is 0 Å². The van der Waals surface area contributed by atoms with Gasteiger partial charge in [0.2, 0.25) is 0 Å². The van der Waals surface area contributed by atoms with Crippen LogP contribution in [0.3, 0.4) is 0 Å². The molecule has 4 aliphatic carbocycles. The summed E-state index contributed by atoms with van der Waals surface area (Å²) in [5, 5.41) is 0. The van der Waals surface area contributed by atoms with Crippen LogP contribution in [0.2, 0.25) is 0 Å². The molecule has 170 valence electrons. The third-order valence-corrected chi connectivity index (χ3v) is 9.73.